The van der Waals surface area contributed by atoms with Gasteiger partial charge in [0.1, 0.15) is 0 Å². The first-order chi connectivity index (χ1) is 11.7. The van der Waals surface area contributed by atoms with Crippen molar-refractivity contribution >= 4 is 28.1 Å². The first-order valence-corrected chi connectivity index (χ1v) is 9.22. The van der Waals surface area contributed by atoms with Crippen LogP contribution < -0.4 is 0 Å². The minimum absolute atomic E-state index is 0.299. The van der Waals surface area contributed by atoms with Gasteiger partial charge >= 0.3 is 0 Å². The van der Waals surface area contributed by atoms with E-state index in [4.69, 9.17) is 0 Å². The zero-order chi connectivity index (χ0) is 16.5. The quantitative estimate of drug-likeness (QED) is 0.352. The number of fused-ring (bicyclic) bond motifs is 2. The Bertz CT molecular complexity index is 904. The molecule has 1 aliphatic rings. The van der Waals surface area contributed by atoms with Gasteiger partial charge in [0.05, 0.1) is 4.83 Å². The van der Waals surface area contributed by atoms with E-state index in [1.807, 2.05) is 0 Å². The average molecular weight is 375 g/mol. The minimum Gasteiger partial charge on any atom is -0.0786 e. The molecule has 0 saturated carbocycles. The lowest BCUT2D eigenvalue weighted by Crippen LogP contribution is -2.09. The molecule has 118 valence electrons. The number of benzene rings is 3. The van der Waals surface area contributed by atoms with Crippen molar-refractivity contribution in [3.63, 3.8) is 0 Å². The molecule has 0 fully saturated rings. The number of alkyl halides is 1. The molecule has 0 aliphatic heterocycles. The van der Waals surface area contributed by atoms with Crippen LogP contribution in [0.15, 0.2) is 66.7 Å². The van der Waals surface area contributed by atoms with Gasteiger partial charge in [-0.3, -0.25) is 0 Å². The maximum absolute atomic E-state index is 3.87. The van der Waals surface area contributed by atoms with Gasteiger partial charge in [-0.25, -0.2) is 0 Å². The fourth-order valence-corrected chi connectivity index (χ4v) is 4.21. The summed E-state index contributed by atoms with van der Waals surface area (Å²) in [5.74, 6) is 0. The fraction of sp³-hybridized carbons (Fsp3) is 0.130. The lowest BCUT2D eigenvalue weighted by Gasteiger charge is -2.24. The van der Waals surface area contributed by atoms with E-state index < -0.39 is 0 Å². The lowest BCUT2D eigenvalue weighted by atomic mass is 9.85. The zero-order valence-electron chi connectivity index (χ0n) is 13.7. The Kier molecular flexibility index (Phi) is 4.12. The fourth-order valence-electron chi connectivity index (χ4n) is 3.31. The normalized spacial score (nSPS) is 16.0. The van der Waals surface area contributed by atoms with E-state index in [1.54, 1.807) is 0 Å². The highest BCUT2D eigenvalue weighted by atomic mass is 79.9. The van der Waals surface area contributed by atoms with Gasteiger partial charge < -0.3 is 0 Å². The van der Waals surface area contributed by atoms with Gasteiger partial charge in [0.2, 0.25) is 0 Å². The molecule has 0 saturated heterocycles. The van der Waals surface area contributed by atoms with Crippen molar-refractivity contribution in [2.75, 3.05) is 0 Å². The molecule has 1 aliphatic carbocycles. The van der Waals surface area contributed by atoms with E-state index in [2.05, 4.69) is 102 Å². The Hall–Kier alpha value is -2.12. The van der Waals surface area contributed by atoms with E-state index in [0.29, 0.717) is 4.83 Å². The van der Waals surface area contributed by atoms with Crippen molar-refractivity contribution in [1.29, 1.82) is 0 Å². The number of rotatable bonds is 2. The summed E-state index contributed by atoms with van der Waals surface area (Å²) in [6, 6.07) is 24.1. The summed E-state index contributed by atoms with van der Waals surface area (Å²) >= 11 is 3.87. The summed E-state index contributed by atoms with van der Waals surface area (Å²) in [5, 5.41) is 0. The molecule has 3 aromatic rings. The predicted molar refractivity (Wildman–Crippen MR) is 107 cm³/mol. The Morgan fingerprint density at radius 2 is 1.46 bits per heavy atom. The molecule has 0 radical (unpaired) electrons. The van der Waals surface area contributed by atoms with Crippen molar-refractivity contribution < 1.29 is 0 Å². The van der Waals surface area contributed by atoms with E-state index in [1.165, 1.54) is 38.9 Å². The molecule has 0 nitrogen and oxygen atoms in total. The van der Waals surface area contributed by atoms with E-state index in [9.17, 15) is 0 Å². The molecule has 3 aromatic carbocycles. The zero-order valence-corrected chi connectivity index (χ0v) is 15.3. The van der Waals surface area contributed by atoms with Crippen LogP contribution in [-0.2, 0) is 6.42 Å². The van der Waals surface area contributed by atoms with Gasteiger partial charge in [-0.1, -0.05) is 100 Å². The molecule has 1 atom stereocenters. The summed E-state index contributed by atoms with van der Waals surface area (Å²) in [6.45, 7) is 2.12. The Labute approximate surface area is 152 Å². The molecule has 0 N–H and O–H groups in total. The van der Waals surface area contributed by atoms with Gasteiger partial charge in [-0.2, -0.15) is 0 Å². The molecule has 24 heavy (non-hydrogen) atoms. The molecule has 4 rings (SSSR count). The molecule has 0 bridgehead atoms. The largest absolute Gasteiger partial charge is 0.0786 e. The van der Waals surface area contributed by atoms with Gasteiger partial charge in [0, 0.05) is 0 Å². The Morgan fingerprint density at radius 1 is 0.792 bits per heavy atom. The third-order valence-corrected chi connectivity index (χ3v) is 5.68. The SMILES string of the molecule is Cc1ccc(/C=C\c2ccc3c(c2)Cc2ccccc2[C@@H]3Br)cc1. The average Bonchev–Trinajstić information content (AvgIpc) is 2.61. The molecular formula is C23H19Br. The molecule has 0 unspecified atom stereocenters. The third-order valence-electron chi connectivity index (χ3n) is 4.69. The van der Waals surface area contributed by atoms with Crippen LogP contribution in [0.4, 0.5) is 0 Å². The topological polar surface area (TPSA) is 0 Å². The first-order valence-electron chi connectivity index (χ1n) is 8.30. The highest BCUT2D eigenvalue weighted by Crippen LogP contribution is 2.40. The summed E-state index contributed by atoms with van der Waals surface area (Å²) in [7, 11) is 0. The number of hydrogen-bond acceptors (Lipinski definition) is 0. The van der Waals surface area contributed by atoms with Gasteiger partial charge in [0.25, 0.3) is 0 Å². The number of halogens is 1. The van der Waals surface area contributed by atoms with Crippen LogP contribution in [-0.4, -0.2) is 0 Å². The molecule has 0 heterocycles. The second kappa shape index (κ2) is 6.41. The summed E-state index contributed by atoms with van der Waals surface area (Å²) in [4.78, 5) is 0.299. The third kappa shape index (κ3) is 2.97. The summed E-state index contributed by atoms with van der Waals surface area (Å²) in [5.41, 5.74) is 9.42. The van der Waals surface area contributed by atoms with Crippen molar-refractivity contribution in [3.05, 3.63) is 106 Å². The molecular weight excluding hydrogens is 356 g/mol. The highest BCUT2D eigenvalue weighted by molar-refractivity contribution is 9.09. The maximum atomic E-state index is 3.87. The van der Waals surface area contributed by atoms with Crippen LogP contribution in [0.25, 0.3) is 12.2 Å². The molecule has 0 amide bonds. The predicted octanol–water partition coefficient (Wildman–Crippen LogP) is 6.55. The van der Waals surface area contributed by atoms with E-state index in [0.717, 1.165) is 6.42 Å². The second-order valence-corrected chi connectivity index (χ2v) is 7.36. The van der Waals surface area contributed by atoms with Gasteiger partial charge in [-0.05, 0) is 46.7 Å². The van der Waals surface area contributed by atoms with Crippen molar-refractivity contribution in [3.8, 4) is 0 Å². The number of hydrogen-bond donors (Lipinski definition) is 0. The van der Waals surface area contributed by atoms with E-state index in [-0.39, 0.29) is 0 Å². The highest BCUT2D eigenvalue weighted by Gasteiger charge is 2.22. The molecule has 0 aromatic heterocycles. The van der Waals surface area contributed by atoms with Crippen LogP contribution in [0.2, 0.25) is 0 Å². The molecule has 0 spiro atoms. The van der Waals surface area contributed by atoms with Crippen LogP contribution in [0.5, 0.6) is 0 Å². The molecule has 1 heteroatoms. The summed E-state index contributed by atoms with van der Waals surface area (Å²) in [6.07, 6.45) is 5.40. The van der Waals surface area contributed by atoms with Gasteiger partial charge in [-0.15, -0.1) is 0 Å². The van der Waals surface area contributed by atoms with Crippen molar-refractivity contribution in [2.24, 2.45) is 0 Å². The van der Waals surface area contributed by atoms with Crippen molar-refractivity contribution in [2.45, 2.75) is 18.2 Å². The van der Waals surface area contributed by atoms with Crippen LogP contribution in [0.1, 0.15) is 43.8 Å². The Morgan fingerprint density at radius 3 is 2.29 bits per heavy atom. The monoisotopic (exact) mass is 374 g/mol. The van der Waals surface area contributed by atoms with Crippen molar-refractivity contribution in [1.82, 2.24) is 0 Å². The van der Waals surface area contributed by atoms with E-state index >= 15 is 0 Å². The second-order valence-electron chi connectivity index (χ2n) is 6.44. The smallest absolute Gasteiger partial charge is 0.0650 e. The van der Waals surface area contributed by atoms with Gasteiger partial charge in [0.15, 0.2) is 0 Å². The standard InChI is InChI=1S/C23H19Br/c1-16-6-8-17(9-7-16)10-11-18-12-13-22-20(14-18)15-19-4-2-3-5-21(19)23(22)24/h2-14,23H,15H2,1H3/b11-10-/t23-/m0/s1. The Balaban J connectivity index is 1.64. The van der Waals surface area contributed by atoms with Crippen LogP contribution >= 0.6 is 15.9 Å². The minimum atomic E-state index is 0.299. The first kappa shape index (κ1) is 15.4. The summed E-state index contributed by atoms with van der Waals surface area (Å²) < 4.78 is 0. The van der Waals surface area contributed by atoms with Crippen LogP contribution in [0.3, 0.4) is 0 Å². The number of aryl methyl sites for hydroxylation is 1. The lowest BCUT2D eigenvalue weighted by molar-refractivity contribution is 0.993. The maximum Gasteiger partial charge on any atom is 0.0650 e. The van der Waals surface area contributed by atoms with Crippen LogP contribution in [0, 0.1) is 6.92 Å².